The minimum Gasteiger partial charge on any atom is -0.481 e. The number of amides is 2. The molecule has 0 aromatic rings. The second kappa shape index (κ2) is 5.37. The highest BCUT2D eigenvalue weighted by atomic mass is 16.4. The fraction of sp³-hybridized carbons (Fsp3) is 0.750. The fourth-order valence-electron chi connectivity index (χ4n) is 2.67. The van der Waals surface area contributed by atoms with Crippen LogP contribution < -0.4 is 5.32 Å². The first-order valence-electron chi connectivity index (χ1n) is 6.36. The minimum absolute atomic E-state index is 0.00805. The number of hydrogen-bond donors (Lipinski definition) is 2. The molecule has 100 valence electrons. The number of nitrogens with zero attached hydrogens (tertiary/aromatic N) is 1. The molecule has 1 saturated carbocycles. The van der Waals surface area contributed by atoms with Crippen LogP contribution in [-0.4, -0.2) is 47.4 Å². The Morgan fingerprint density at radius 3 is 2.33 bits per heavy atom. The monoisotopic (exact) mass is 254 g/mol. The summed E-state index contributed by atoms with van der Waals surface area (Å²) in [6, 6.07) is 0. The summed E-state index contributed by atoms with van der Waals surface area (Å²) >= 11 is 0. The van der Waals surface area contributed by atoms with Crippen LogP contribution in [0.15, 0.2) is 0 Å². The van der Waals surface area contributed by atoms with E-state index in [1.165, 1.54) is 0 Å². The molecule has 0 atom stereocenters. The summed E-state index contributed by atoms with van der Waals surface area (Å²) < 4.78 is 0. The van der Waals surface area contributed by atoms with Crippen molar-refractivity contribution in [3.8, 4) is 0 Å². The third kappa shape index (κ3) is 2.80. The van der Waals surface area contributed by atoms with Gasteiger partial charge in [0, 0.05) is 19.0 Å². The van der Waals surface area contributed by atoms with Crippen molar-refractivity contribution in [3.63, 3.8) is 0 Å². The first-order valence-corrected chi connectivity index (χ1v) is 6.36. The lowest BCUT2D eigenvalue weighted by Gasteiger charge is -2.32. The summed E-state index contributed by atoms with van der Waals surface area (Å²) in [5.41, 5.74) is 0. The SMILES string of the molecule is O=C1CN(C(=O)C2CCC(C(=O)O)CC2)CCN1. The normalized spacial score (nSPS) is 28.7. The van der Waals surface area contributed by atoms with Crippen molar-refractivity contribution >= 4 is 17.8 Å². The predicted octanol–water partition coefficient (Wildman–Crippen LogP) is -0.164. The van der Waals surface area contributed by atoms with Crippen LogP contribution in [0.5, 0.6) is 0 Å². The summed E-state index contributed by atoms with van der Waals surface area (Å²) in [4.78, 5) is 35.8. The largest absolute Gasteiger partial charge is 0.481 e. The Morgan fingerprint density at radius 2 is 1.78 bits per heavy atom. The molecule has 2 amide bonds. The van der Waals surface area contributed by atoms with Crippen molar-refractivity contribution in [1.82, 2.24) is 10.2 Å². The molecule has 6 heteroatoms. The number of carboxylic acids is 1. The molecule has 2 fully saturated rings. The molecule has 1 saturated heterocycles. The highest BCUT2D eigenvalue weighted by Crippen LogP contribution is 2.30. The van der Waals surface area contributed by atoms with Gasteiger partial charge >= 0.3 is 5.97 Å². The molecule has 0 radical (unpaired) electrons. The van der Waals surface area contributed by atoms with Crippen molar-refractivity contribution in [2.75, 3.05) is 19.6 Å². The number of piperazine rings is 1. The van der Waals surface area contributed by atoms with Crippen LogP contribution in [0, 0.1) is 11.8 Å². The second-order valence-corrected chi connectivity index (χ2v) is 5.00. The first-order chi connectivity index (χ1) is 8.58. The highest BCUT2D eigenvalue weighted by Gasteiger charge is 2.33. The standard InChI is InChI=1S/C12H18N2O4/c15-10-7-14(6-5-13-10)11(16)8-1-3-9(4-2-8)12(17)18/h8-9H,1-7H2,(H,13,15)(H,17,18). The van der Waals surface area contributed by atoms with Crippen molar-refractivity contribution in [3.05, 3.63) is 0 Å². The molecule has 0 unspecified atom stereocenters. The molecule has 1 aliphatic carbocycles. The molecule has 0 bridgehead atoms. The molecule has 18 heavy (non-hydrogen) atoms. The third-order valence-electron chi connectivity index (χ3n) is 3.78. The van der Waals surface area contributed by atoms with Gasteiger partial charge in [0.25, 0.3) is 0 Å². The average molecular weight is 254 g/mol. The molecule has 6 nitrogen and oxygen atoms in total. The maximum Gasteiger partial charge on any atom is 0.306 e. The van der Waals surface area contributed by atoms with Gasteiger partial charge in [-0.1, -0.05) is 0 Å². The number of carbonyl (C=O) groups excluding carboxylic acids is 2. The average Bonchev–Trinajstić information content (AvgIpc) is 2.38. The van der Waals surface area contributed by atoms with E-state index >= 15 is 0 Å². The van der Waals surface area contributed by atoms with Crippen molar-refractivity contribution in [2.24, 2.45) is 11.8 Å². The molecular weight excluding hydrogens is 236 g/mol. The first kappa shape index (κ1) is 12.9. The Morgan fingerprint density at radius 1 is 1.17 bits per heavy atom. The summed E-state index contributed by atoms with van der Waals surface area (Å²) in [6.07, 6.45) is 2.36. The molecular formula is C12H18N2O4. The number of hydrogen-bond acceptors (Lipinski definition) is 3. The molecule has 1 heterocycles. The van der Waals surface area contributed by atoms with Crippen LogP contribution in [-0.2, 0) is 14.4 Å². The Hall–Kier alpha value is -1.59. The van der Waals surface area contributed by atoms with Gasteiger partial charge in [0.05, 0.1) is 12.5 Å². The van der Waals surface area contributed by atoms with Gasteiger partial charge in [0.1, 0.15) is 0 Å². The summed E-state index contributed by atoms with van der Waals surface area (Å²) in [5.74, 6) is -1.29. The van der Waals surface area contributed by atoms with E-state index in [9.17, 15) is 14.4 Å². The highest BCUT2D eigenvalue weighted by molar-refractivity contribution is 5.87. The van der Waals surface area contributed by atoms with Gasteiger partial charge in [-0.3, -0.25) is 14.4 Å². The van der Waals surface area contributed by atoms with Crippen molar-refractivity contribution < 1.29 is 19.5 Å². The van der Waals surface area contributed by atoms with Gasteiger partial charge in [-0.15, -0.1) is 0 Å². The Kier molecular flexibility index (Phi) is 3.84. The van der Waals surface area contributed by atoms with Crippen LogP contribution in [0.2, 0.25) is 0 Å². The number of aliphatic carboxylic acids is 1. The van der Waals surface area contributed by atoms with E-state index in [0.29, 0.717) is 38.8 Å². The Balaban J connectivity index is 1.87. The molecule has 0 aromatic carbocycles. The summed E-state index contributed by atoms with van der Waals surface area (Å²) in [5, 5.41) is 11.6. The lowest BCUT2D eigenvalue weighted by molar-refractivity contribution is -0.146. The topological polar surface area (TPSA) is 86.7 Å². The summed E-state index contributed by atoms with van der Waals surface area (Å²) in [6.45, 7) is 1.20. The van der Waals surface area contributed by atoms with Gasteiger partial charge in [0.2, 0.25) is 11.8 Å². The van der Waals surface area contributed by atoms with Crippen LogP contribution in [0.3, 0.4) is 0 Å². The van der Waals surface area contributed by atoms with Gasteiger partial charge < -0.3 is 15.3 Å². The van der Waals surface area contributed by atoms with Crippen LogP contribution >= 0.6 is 0 Å². The maximum atomic E-state index is 12.2. The molecule has 2 rings (SSSR count). The van der Waals surface area contributed by atoms with E-state index in [-0.39, 0.29) is 30.2 Å². The van der Waals surface area contributed by atoms with E-state index < -0.39 is 5.97 Å². The van der Waals surface area contributed by atoms with Gasteiger partial charge in [0.15, 0.2) is 0 Å². The zero-order valence-electron chi connectivity index (χ0n) is 10.2. The van der Waals surface area contributed by atoms with Gasteiger partial charge in [-0.05, 0) is 25.7 Å². The molecule has 0 spiro atoms. The molecule has 1 aliphatic heterocycles. The number of carbonyl (C=O) groups is 3. The predicted molar refractivity (Wildman–Crippen MR) is 62.7 cm³/mol. The van der Waals surface area contributed by atoms with Crippen LogP contribution in [0.4, 0.5) is 0 Å². The van der Waals surface area contributed by atoms with E-state index in [0.717, 1.165) is 0 Å². The number of nitrogens with one attached hydrogen (secondary N) is 1. The van der Waals surface area contributed by atoms with Crippen molar-refractivity contribution in [2.45, 2.75) is 25.7 Å². The lowest BCUT2D eigenvalue weighted by atomic mass is 9.81. The van der Waals surface area contributed by atoms with E-state index in [1.807, 2.05) is 0 Å². The van der Waals surface area contributed by atoms with Crippen LogP contribution in [0.1, 0.15) is 25.7 Å². The fourth-order valence-corrected chi connectivity index (χ4v) is 2.67. The lowest BCUT2D eigenvalue weighted by Crippen LogP contribution is -2.51. The molecule has 2 N–H and O–H groups in total. The zero-order valence-corrected chi connectivity index (χ0v) is 10.2. The maximum absolute atomic E-state index is 12.2. The van der Waals surface area contributed by atoms with E-state index in [4.69, 9.17) is 5.11 Å². The van der Waals surface area contributed by atoms with Crippen molar-refractivity contribution in [1.29, 1.82) is 0 Å². The van der Waals surface area contributed by atoms with Gasteiger partial charge in [-0.25, -0.2) is 0 Å². The molecule has 2 aliphatic rings. The minimum atomic E-state index is -0.766. The second-order valence-electron chi connectivity index (χ2n) is 5.00. The molecule has 0 aromatic heterocycles. The Bertz CT molecular complexity index is 361. The zero-order chi connectivity index (χ0) is 13.1. The van der Waals surface area contributed by atoms with Gasteiger partial charge in [-0.2, -0.15) is 0 Å². The number of rotatable bonds is 2. The smallest absolute Gasteiger partial charge is 0.306 e. The van der Waals surface area contributed by atoms with E-state index in [2.05, 4.69) is 5.32 Å². The number of carboxylic acid groups (broad SMARTS) is 1. The quantitative estimate of drug-likeness (QED) is 0.716. The van der Waals surface area contributed by atoms with E-state index in [1.54, 1.807) is 4.90 Å². The Labute approximate surface area is 105 Å². The third-order valence-corrected chi connectivity index (χ3v) is 3.78. The summed E-state index contributed by atoms with van der Waals surface area (Å²) in [7, 11) is 0. The van der Waals surface area contributed by atoms with Crippen LogP contribution in [0.25, 0.3) is 0 Å².